The van der Waals surface area contributed by atoms with Crippen LogP contribution in [0.15, 0.2) is 16.6 Å². The highest BCUT2D eigenvalue weighted by Gasteiger charge is 2.15. The van der Waals surface area contributed by atoms with Crippen LogP contribution < -0.4 is 5.32 Å². The normalized spacial score (nSPS) is 37.5. The van der Waals surface area contributed by atoms with Gasteiger partial charge in [0, 0.05) is 18.8 Å². The smallest absolute Gasteiger partial charge is 0.0449 e. The van der Waals surface area contributed by atoms with E-state index in [1.165, 1.54) is 18.4 Å². The fourth-order valence-electron chi connectivity index (χ4n) is 2.19. The molecule has 0 saturated heterocycles. The minimum absolute atomic E-state index is 0.429. The Morgan fingerprint density at radius 1 is 1.44 bits per heavy atom. The molecular weight excluding hydrogens is 196 g/mol. The van der Waals surface area contributed by atoms with Crippen LogP contribution in [0, 0.1) is 11.8 Å². The van der Waals surface area contributed by atoms with Gasteiger partial charge in [0.2, 0.25) is 0 Å². The fraction of sp³-hybridized carbons (Fsp3) is 0.786. The van der Waals surface area contributed by atoms with Gasteiger partial charge in [0.25, 0.3) is 0 Å². The lowest BCUT2D eigenvalue weighted by molar-refractivity contribution is 0.460. The molecule has 0 saturated carbocycles. The Balaban J connectivity index is 2.70. The van der Waals surface area contributed by atoms with E-state index in [0.717, 1.165) is 13.1 Å². The van der Waals surface area contributed by atoms with Crippen molar-refractivity contribution in [1.82, 2.24) is 5.32 Å². The molecule has 0 aromatic carbocycles. The molecule has 1 aliphatic rings. The van der Waals surface area contributed by atoms with Crippen molar-refractivity contribution >= 4 is 6.21 Å². The summed E-state index contributed by atoms with van der Waals surface area (Å²) in [5, 5.41) is 3.51. The zero-order valence-electron chi connectivity index (χ0n) is 11.2. The monoisotopic (exact) mass is 222 g/mol. The van der Waals surface area contributed by atoms with Crippen LogP contribution in [0.4, 0.5) is 0 Å². The van der Waals surface area contributed by atoms with Crippen LogP contribution >= 0.6 is 0 Å². The minimum Gasteiger partial charge on any atom is -0.309 e. The van der Waals surface area contributed by atoms with Gasteiger partial charge in [-0.05, 0) is 38.1 Å². The molecule has 0 radical (unpaired) electrons. The van der Waals surface area contributed by atoms with E-state index in [9.17, 15) is 0 Å². The molecule has 2 heteroatoms. The molecule has 2 nitrogen and oxygen atoms in total. The number of hydrogen-bond acceptors (Lipinski definition) is 2. The summed E-state index contributed by atoms with van der Waals surface area (Å²) in [6.45, 7) is 11.0. The lowest BCUT2D eigenvalue weighted by Gasteiger charge is -2.23. The first kappa shape index (κ1) is 13.4. The largest absolute Gasteiger partial charge is 0.309 e. The molecule has 0 aromatic heterocycles. The van der Waals surface area contributed by atoms with Gasteiger partial charge in [0.1, 0.15) is 0 Å². The maximum atomic E-state index is 4.57. The van der Waals surface area contributed by atoms with E-state index in [1.54, 1.807) is 0 Å². The molecule has 1 aliphatic heterocycles. The molecule has 1 heterocycles. The molecule has 0 aromatic rings. The van der Waals surface area contributed by atoms with Crippen LogP contribution in [0.5, 0.6) is 0 Å². The standard InChI is InChI=1S/C14H26N2/c1-5-16-14-10-15-9-12(3)7-6-11(2)8-13(14)4/h6,10,12-14,16H,5,7-9H2,1-4H3/b11-6+,15-10+. The third-order valence-corrected chi connectivity index (χ3v) is 3.25. The second-order valence-corrected chi connectivity index (χ2v) is 5.17. The van der Waals surface area contributed by atoms with Crippen LogP contribution in [-0.2, 0) is 0 Å². The van der Waals surface area contributed by atoms with Gasteiger partial charge >= 0.3 is 0 Å². The third kappa shape index (κ3) is 4.48. The Labute approximate surface area is 100 Å². The maximum Gasteiger partial charge on any atom is 0.0449 e. The molecule has 3 atom stereocenters. The lowest BCUT2D eigenvalue weighted by Crippen LogP contribution is -2.36. The van der Waals surface area contributed by atoms with Crippen molar-refractivity contribution in [3.05, 3.63) is 11.6 Å². The minimum atomic E-state index is 0.429. The van der Waals surface area contributed by atoms with Gasteiger partial charge in [-0.1, -0.05) is 32.4 Å². The van der Waals surface area contributed by atoms with Crippen molar-refractivity contribution in [2.24, 2.45) is 16.8 Å². The zero-order chi connectivity index (χ0) is 12.0. The fourth-order valence-corrected chi connectivity index (χ4v) is 2.19. The van der Waals surface area contributed by atoms with Crippen LogP contribution in [-0.4, -0.2) is 25.3 Å². The summed E-state index contributed by atoms with van der Waals surface area (Å²) in [6.07, 6.45) is 6.87. The number of allylic oxidation sites excluding steroid dienone is 2. The first-order chi connectivity index (χ1) is 7.63. The highest BCUT2D eigenvalue weighted by atomic mass is 14.9. The average Bonchev–Trinajstić information content (AvgIpc) is 2.24. The molecule has 16 heavy (non-hydrogen) atoms. The van der Waals surface area contributed by atoms with E-state index < -0.39 is 0 Å². The molecule has 0 amide bonds. The van der Waals surface area contributed by atoms with Crippen LogP contribution in [0.25, 0.3) is 0 Å². The summed E-state index contributed by atoms with van der Waals surface area (Å²) in [5.41, 5.74) is 1.53. The Kier molecular flexibility index (Phi) is 5.75. The predicted octanol–water partition coefficient (Wildman–Crippen LogP) is 3.05. The van der Waals surface area contributed by atoms with Crippen molar-refractivity contribution in [3.8, 4) is 0 Å². The summed E-state index contributed by atoms with van der Waals surface area (Å²) in [7, 11) is 0. The van der Waals surface area contributed by atoms with Crippen molar-refractivity contribution in [2.45, 2.75) is 46.6 Å². The number of hydrogen-bond donors (Lipinski definition) is 1. The lowest BCUT2D eigenvalue weighted by atomic mass is 9.93. The van der Waals surface area contributed by atoms with Gasteiger partial charge in [0.15, 0.2) is 0 Å². The van der Waals surface area contributed by atoms with E-state index >= 15 is 0 Å². The highest BCUT2D eigenvalue weighted by molar-refractivity contribution is 5.65. The summed E-state index contributed by atoms with van der Waals surface area (Å²) in [6, 6.07) is 0.429. The Morgan fingerprint density at radius 3 is 2.88 bits per heavy atom. The Bertz CT molecular complexity index is 255. The van der Waals surface area contributed by atoms with Crippen molar-refractivity contribution in [3.63, 3.8) is 0 Å². The van der Waals surface area contributed by atoms with E-state index in [0.29, 0.717) is 17.9 Å². The molecule has 1 N–H and O–H groups in total. The van der Waals surface area contributed by atoms with Crippen molar-refractivity contribution in [2.75, 3.05) is 13.1 Å². The van der Waals surface area contributed by atoms with Crippen molar-refractivity contribution < 1.29 is 0 Å². The molecule has 0 spiro atoms. The summed E-state index contributed by atoms with van der Waals surface area (Å²) >= 11 is 0. The average molecular weight is 222 g/mol. The number of nitrogens with one attached hydrogen (secondary N) is 1. The van der Waals surface area contributed by atoms with E-state index in [1.807, 2.05) is 0 Å². The van der Waals surface area contributed by atoms with E-state index in [-0.39, 0.29) is 0 Å². The number of nitrogens with zero attached hydrogens (tertiary/aromatic N) is 1. The molecule has 92 valence electrons. The van der Waals surface area contributed by atoms with Crippen LogP contribution in [0.1, 0.15) is 40.5 Å². The second kappa shape index (κ2) is 6.85. The molecular formula is C14H26N2. The number of rotatable bonds is 2. The quantitative estimate of drug-likeness (QED) is 0.714. The third-order valence-electron chi connectivity index (χ3n) is 3.25. The first-order valence-corrected chi connectivity index (χ1v) is 6.52. The Morgan fingerprint density at radius 2 is 2.19 bits per heavy atom. The van der Waals surface area contributed by atoms with Gasteiger partial charge in [-0.3, -0.25) is 4.99 Å². The van der Waals surface area contributed by atoms with Crippen molar-refractivity contribution in [1.29, 1.82) is 0 Å². The number of aliphatic imine (C=N–C) groups is 1. The topological polar surface area (TPSA) is 24.4 Å². The zero-order valence-corrected chi connectivity index (χ0v) is 11.2. The Hall–Kier alpha value is -0.630. The van der Waals surface area contributed by atoms with E-state index in [2.05, 4.69) is 50.3 Å². The second-order valence-electron chi connectivity index (χ2n) is 5.17. The van der Waals surface area contributed by atoms with Gasteiger partial charge in [-0.2, -0.15) is 0 Å². The maximum absolute atomic E-state index is 4.57. The summed E-state index contributed by atoms with van der Waals surface area (Å²) in [5.74, 6) is 1.30. The van der Waals surface area contributed by atoms with Gasteiger partial charge in [-0.15, -0.1) is 0 Å². The van der Waals surface area contributed by atoms with Crippen LogP contribution in [0.2, 0.25) is 0 Å². The highest BCUT2D eigenvalue weighted by Crippen LogP contribution is 2.17. The van der Waals surface area contributed by atoms with Crippen LogP contribution in [0.3, 0.4) is 0 Å². The summed E-state index contributed by atoms with van der Waals surface area (Å²) in [4.78, 5) is 4.57. The molecule has 0 aliphatic carbocycles. The van der Waals surface area contributed by atoms with Gasteiger partial charge < -0.3 is 5.32 Å². The summed E-state index contributed by atoms with van der Waals surface area (Å²) < 4.78 is 0. The van der Waals surface area contributed by atoms with E-state index in [4.69, 9.17) is 0 Å². The molecule has 0 bridgehead atoms. The van der Waals surface area contributed by atoms with Gasteiger partial charge in [0.05, 0.1) is 0 Å². The predicted molar refractivity (Wildman–Crippen MR) is 72.1 cm³/mol. The molecule has 0 fully saturated rings. The molecule has 3 unspecified atom stereocenters. The SMILES string of the molecule is CCNC1/C=N/CC(C)C/C=C(\C)CC1C. The van der Waals surface area contributed by atoms with Gasteiger partial charge in [-0.25, -0.2) is 0 Å². The first-order valence-electron chi connectivity index (χ1n) is 6.52. The molecule has 1 rings (SSSR count).